The van der Waals surface area contributed by atoms with Crippen molar-refractivity contribution in [2.45, 2.75) is 58.2 Å². The maximum absolute atomic E-state index is 11.1. The van der Waals surface area contributed by atoms with Crippen LogP contribution in [0.25, 0.3) is 10.9 Å². The molecule has 2 aromatic heterocycles. The normalized spacial score (nSPS) is 21.1. The Morgan fingerprint density at radius 2 is 2.04 bits per heavy atom. The zero-order chi connectivity index (χ0) is 18.8. The third kappa shape index (κ3) is 4.01. The molecule has 2 heterocycles. The van der Waals surface area contributed by atoms with Crippen molar-refractivity contribution in [3.8, 4) is 0 Å². The van der Waals surface area contributed by atoms with Crippen LogP contribution in [-0.2, 0) is 4.79 Å². The quantitative estimate of drug-likeness (QED) is 0.621. The molecule has 1 saturated carbocycles. The van der Waals surface area contributed by atoms with E-state index >= 15 is 0 Å². The Bertz CT molecular complexity index is 809. The van der Waals surface area contributed by atoms with Gasteiger partial charge in [0.25, 0.3) is 0 Å². The molecular formula is C18H25N5O3. The minimum atomic E-state index is -0.744. The third-order valence-electron chi connectivity index (χ3n) is 4.55. The average molecular weight is 359 g/mol. The molecule has 0 saturated heterocycles. The average Bonchev–Trinajstić information content (AvgIpc) is 3.03. The van der Waals surface area contributed by atoms with Crippen LogP contribution < -0.4 is 10.6 Å². The standard InChI is InChI=1S/C18H25N5O3/c1-9(2)20-16-15-12(7-14(22-16)10(3)24)8-19-18(23-15)21-13-5-4-11(6-13)17(25)26/h7-11,13,24H,4-6H2,1-3H3,(H,20,22)(H,25,26)(H,19,21,23)/t10-,11-,13+/m1/s1. The van der Waals surface area contributed by atoms with Gasteiger partial charge in [0.15, 0.2) is 5.82 Å². The summed E-state index contributed by atoms with van der Waals surface area (Å²) in [6.07, 6.45) is 3.05. The number of carboxylic acids is 1. The van der Waals surface area contributed by atoms with Gasteiger partial charge in [-0.3, -0.25) is 4.79 Å². The summed E-state index contributed by atoms with van der Waals surface area (Å²) in [6.45, 7) is 5.68. The van der Waals surface area contributed by atoms with Gasteiger partial charge >= 0.3 is 5.97 Å². The first-order valence-electron chi connectivity index (χ1n) is 8.95. The number of pyridine rings is 1. The van der Waals surface area contributed by atoms with E-state index < -0.39 is 12.1 Å². The van der Waals surface area contributed by atoms with E-state index in [2.05, 4.69) is 25.6 Å². The van der Waals surface area contributed by atoms with Gasteiger partial charge in [0, 0.05) is 23.7 Å². The lowest BCUT2D eigenvalue weighted by Crippen LogP contribution is -2.19. The highest BCUT2D eigenvalue weighted by Gasteiger charge is 2.30. The van der Waals surface area contributed by atoms with E-state index in [1.54, 1.807) is 19.2 Å². The van der Waals surface area contributed by atoms with E-state index in [0.717, 1.165) is 11.8 Å². The summed E-state index contributed by atoms with van der Waals surface area (Å²) in [5.41, 5.74) is 1.23. The molecule has 1 fully saturated rings. The minimum Gasteiger partial charge on any atom is -0.481 e. The highest BCUT2D eigenvalue weighted by molar-refractivity contribution is 5.89. The summed E-state index contributed by atoms with van der Waals surface area (Å²) in [7, 11) is 0. The Labute approximate surface area is 152 Å². The maximum atomic E-state index is 11.1. The Kier molecular flexibility index (Phi) is 5.22. The topological polar surface area (TPSA) is 120 Å². The van der Waals surface area contributed by atoms with Crippen LogP contribution in [-0.4, -0.2) is 43.2 Å². The van der Waals surface area contributed by atoms with Crippen molar-refractivity contribution >= 4 is 28.6 Å². The first-order chi connectivity index (χ1) is 12.3. The molecule has 1 aliphatic rings. The van der Waals surface area contributed by atoms with E-state index in [9.17, 15) is 9.90 Å². The van der Waals surface area contributed by atoms with E-state index in [1.165, 1.54) is 0 Å². The number of nitrogens with one attached hydrogen (secondary N) is 2. The molecule has 3 rings (SSSR count). The molecule has 2 aromatic rings. The van der Waals surface area contributed by atoms with Crippen molar-refractivity contribution in [2.24, 2.45) is 5.92 Å². The molecule has 0 aromatic carbocycles. The minimum absolute atomic E-state index is 0.0553. The number of carboxylic acid groups (broad SMARTS) is 1. The van der Waals surface area contributed by atoms with Gasteiger partial charge in [0.05, 0.1) is 17.7 Å². The van der Waals surface area contributed by atoms with Crippen molar-refractivity contribution in [1.82, 2.24) is 15.0 Å². The lowest BCUT2D eigenvalue weighted by molar-refractivity contribution is -0.141. The third-order valence-corrected chi connectivity index (χ3v) is 4.55. The zero-order valence-electron chi connectivity index (χ0n) is 15.2. The Balaban J connectivity index is 1.89. The van der Waals surface area contributed by atoms with Crippen molar-refractivity contribution < 1.29 is 15.0 Å². The van der Waals surface area contributed by atoms with Crippen LogP contribution in [0.3, 0.4) is 0 Å². The summed E-state index contributed by atoms with van der Waals surface area (Å²) in [5.74, 6) is 0.0222. The molecule has 1 aliphatic carbocycles. The first kappa shape index (κ1) is 18.3. The van der Waals surface area contributed by atoms with Crippen LogP contribution in [0.2, 0.25) is 0 Å². The van der Waals surface area contributed by atoms with E-state index in [4.69, 9.17) is 5.11 Å². The van der Waals surface area contributed by atoms with Crippen molar-refractivity contribution in [1.29, 1.82) is 0 Å². The number of rotatable bonds is 6. The molecule has 0 unspecified atom stereocenters. The number of carbonyl (C=O) groups is 1. The lowest BCUT2D eigenvalue weighted by Gasteiger charge is -2.16. The Hall–Kier alpha value is -2.48. The smallest absolute Gasteiger partial charge is 0.306 e. The number of hydrogen-bond donors (Lipinski definition) is 4. The fraction of sp³-hybridized carbons (Fsp3) is 0.556. The fourth-order valence-electron chi connectivity index (χ4n) is 3.24. The van der Waals surface area contributed by atoms with Gasteiger partial charge in [0.1, 0.15) is 5.52 Å². The monoisotopic (exact) mass is 359 g/mol. The maximum Gasteiger partial charge on any atom is 0.306 e. The van der Waals surface area contributed by atoms with E-state index in [0.29, 0.717) is 35.8 Å². The molecule has 8 nitrogen and oxygen atoms in total. The number of fused-ring (bicyclic) bond motifs is 1. The predicted molar refractivity (Wildman–Crippen MR) is 99.1 cm³/mol. The number of aromatic nitrogens is 3. The van der Waals surface area contributed by atoms with Crippen LogP contribution in [0.1, 0.15) is 51.8 Å². The highest BCUT2D eigenvalue weighted by atomic mass is 16.4. The largest absolute Gasteiger partial charge is 0.481 e. The molecule has 0 amide bonds. The summed E-state index contributed by atoms with van der Waals surface area (Å²) in [5, 5.41) is 26.3. The lowest BCUT2D eigenvalue weighted by atomic mass is 10.1. The van der Waals surface area contributed by atoms with Gasteiger partial charge in [0.2, 0.25) is 5.95 Å². The predicted octanol–water partition coefficient (Wildman–Crippen LogP) is 2.56. The molecule has 0 aliphatic heterocycles. The molecule has 8 heteroatoms. The summed E-state index contributed by atoms with van der Waals surface area (Å²) in [6, 6.07) is 2.00. The second-order valence-corrected chi connectivity index (χ2v) is 7.19. The molecule has 0 bridgehead atoms. The number of aliphatic hydroxyl groups is 1. The summed E-state index contributed by atoms with van der Waals surface area (Å²) in [4.78, 5) is 24.5. The van der Waals surface area contributed by atoms with Crippen LogP contribution in [0.4, 0.5) is 11.8 Å². The highest BCUT2D eigenvalue weighted by Crippen LogP contribution is 2.29. The van der Waals surface area contributed by atoms with Gasteiger partial charge in [-0.25, -0.2) is 15.0 Å². The van der Waals surface area contributed by atoms with Gasteiger partial charge < -0.3 is 20.8 Å². The zero-order valence-corrected chi connectivity index (χ0v) is 15.2. The molecule has 140 valence electrons. The van der Waals surface area contributed by atoms with Crippen LogP contribution in [0, 0.1) is 5.92 Å². The summed E-state index contributed by atoms with van der Waals surface area (Å²) < 4.78 is 0. The van der Waals surface area contributed by atoms with Crippen molar-refractivity contribution in [3.63, 3.8) is 0 Å². The fourth-order valence-corrected chi connectivity index (χ4v) is 3.24. The number of aliphatic carboxylic acids is 1. The first-order valence-corrected chi connectivity index (χ1v) is 8.95. The molecule has 4 N–H and O–H groups in total. The second kappa shape index (κ2) is 7.41. The number of aliphatic hydroxyl groups excluding tert-OH is 1. The SMILES string of the molecule is CC(C)Nc1nc([C@@H](C)O)cc2cnc(N[C@H]3CC[C@@H](C(=O)O)C3)nc12. The number of nitrogens with zero attached hydrogens (tertiary/aromatic N) is 3. The van der Waals surface area contributed by atoms with Gasteiger partial charge in [-0.1, -0.05) is 0 Å². The number of anilines is 2. The molecule has 0 spiro atoms. The Morgan fingerprint density at radius 1 is 1.27 bits per heavy atom. The van der Waals surface area contributed by atoms with Gasteiger partial charge in [-0.05, 0) is 46.1 Å². The van der Waals surface area contributed by atoms with E-state index in [-0.39, 0.29) is 18.0 Å². The molecule has 0 radical (unpaired) electrons. The van der Waals surface area contributed by atoms with Crippen LogP contribution in [0.15, 0.2) is 12.3 Å². The van der Waals surface area contributed by atoms with Crippen molar-refractivity contribution in [3.05, 3.63) is 18.0 Å². The van der Waals surface area contributed by atoms with Crippen molar-refractivity contribution in [2.75, 3.05) is 10.6 Å². The Morgan fingerprint density at radius 3 is 2.65 bits per heavy atom. The van der Waals surface area contributed by atoms with Gasteiger partial charge in [-0.2, -0.15) is 0 Å². The second-order valence-electron chi connectivity index (χ2n) is 7.19. The number of hydrogen-bond acceptors (Lipinski definition) is 7. The molecule has 26 heavy (non-hydrogen) atoms. The van der Waals surface area contributed by atoms with E-state index in [1.807, 2.05) is 13.8 Å². The molecule has 3 atom stereocenters. The van der Waals surface area contributed by atoms with Crippen LogP contribution >= 0.6 is 0 Å². The van der Waals surface area contributed by atoms with Gasteiger partial charge in [-0.15, -0.1) is 0 Å². The summed E-state index contributed by atoms with van der Waals surface area (Å²) >= 11 is 0. The van der Waals surface area contributed by atoms with Crippen LogP contribution in [0.5, 0.6) is 0 Å². The molecular weight excluding hydrogens is 334 g/mol.